The summed E-state index contributed by atoms with van der Waals surface area (Å²) in [7, 11) is 0. The average molecular weight is 343 g/mol. The summed E-state index contributed by atoms with van der Waals surface area (Å²) in [6.07, 6.45) is 1.98. The average Bonchev–Trinajstić information content (AvgIpc) is 2.69. The fourth-order valence-corrected chi connectivity index (χ4v) is 2.76. The van der Waals surface area contributed by atoms with E-state index in [1.165, 1.54) is 0 Å². The lowest BCUT2D eigenvalue weighted by Crippen LogP contribution is -2.05. The Hall–Kier alpha value is -1.00. The topological polar surface area (TPSA) is 43.8 Å². The number of aromatic nitrogens is 2. The standard InChI is InChI=1S/C14H17BrClN3/c1-3-5-12-18-13(14(17)19(12)4-2)10-8-9(16)6-7-11(10)15/h6-8H,3-5,17H2,1-2H3. The first kappa shape index (κ1) is 14.4. The van der Waals surface area contributed by atoms with Crippen molar-refractivity contribution in [2.45, 2.75) is 33.2 Å². The van der Waals surface area contributed by atoms with Gasteiger partial charge < -0.3 is 10.3 Å². The first-order valence-electron chi connectivity index (χ1n) is 6.38. The molecule has 0 fully saturated rings. The van der Waals surface area contributed by atoms with Crippen molar-refractivity contribution in [2.75, 3.05) is 5.73 Å². The van der Waals surface area contributed by atoms with Crippen LogP contribution in [0.5, 0.6) is 0 Å². The van der Waals surface area contributed by atoms with Crippen LogP contribution in [-0.2, 0) is 13.0 Å². The van der Waals surface area contributed by atoms with Gasteiger partial charge in [0.25, 0.3) is 0 Å². The van der Waals surface area contributed by atoms with Crippen LogP contribution in [0.1, 0.15) is 26.1 Å². The summed E-state index contributed by atoms with van der Waals surface area (Å²) in [5.74, 6) is 1.73. The maximum absolute atomic E-state index is 6.23. The molecule has 0 spiro atoms. The van der Waals surface area contributed by atoms with E-state index in [-0.39, 0.29) is 0 Å². The lowest BCUT2D eigenvalue weighted by atomic mass is 10.1. The van der Waals surface area contributed by atoms with Crippen LogP contribution in [0.3, 0.4) is 0 Å². The number of nitrogens with two attached hydrogens (primary N) is 1. The molecule has 0 radical (unpaired) electrons. The number of nitrogen functional groups attached to an aromatic ring is 1. The molecule has 0 saturated heterocycles. The van der Waals surface area contributed by atoms with Gasteiger partial charge in [0.05, 0.1) is 0 Å². The van der Waals surface area contributed by atoms with E-state index in [0.717, 1.165) is 40.9 Å². The van der Waals surface area contributed by atoms with Crippen LogP contribution in [0.15, 0.2) is 22.7 Å². The smallest absolute Gasteiger partial charge is 0.131 e. The molecule has 0 saturated carbocycles. The molecule has 0 unspecified atom stereocenters. The molecule has 0 aliphatic heterocycles. The largest absolute Gasteiger partial charge is 0.383 e. The lowest BCUT2D eigenvalue weighted by molar-refractivity contribution is 0.690. The third kappa shape index (κ3) is 2.79. The van der Waals surface area contributed by atoms with Crippen molar-refractivity contribution in [1.82, 2.24) is 9.55 Å². The number of aryl methyl sites for hydroxylation is 1. The van der Waals surface area contributed by atoms with E-state index < -0.39 is 0 Å². The van der Waals surface area contributed by atoms with Gasteiger partial charge >= 0.3 is 0 Å². The second kappa shape index (κ2) is 5.97. The highest BCUT2D eigenvalue weighted by Crippen LogP contribution is 2.34. The molecule has 3 nitrogen and oxygen atoms in total. The van der Waals surface area contributed by atoms with Crippen molar-refractivity contribution in [3.8, 4) is 11.3 Å². The number of hydrogen-bond acceptors (Lipinski definition) is 2. The fourth-order valence-electron chi connectivity index (χ4n) is 2.16. The van der Waals surface area contributed by atoms with Crippen LogP contribution in [0, 0.1) is 0 Å². The highest BCUT2D eigenvalue weighted by Gasteiger charge is 2.16. The summed E-state index contributed by atoms with van der Waals surface area (Å²) >= 11 is 9.60. The SMILES string of the molecule is CCCc1nc(-c2cc(Cl)ccc2Br)c(N)n1CC. The Labute approximate surface area is 126 Å². The number of rotatable bonds is 4. The molecule has 0 aliphatic rings. The molecule has 19 heavy (non-hydrogen) atoms. The van der Waals surface area contributed by atoms with Crippen molar-refractivity contribution in [2.24, 2.45) is 0 Å². The third-order valence-electron chi connectivity index (χ3n) is 3.06. The lowest BCUT2D eigenvalue weighted by Gasteiger charge is -2.06. The zero-order chi connectivity index (χ0) is 14.0. The van der Waals surface area contributed by atoms with Crippen LogP contribution >= 0.6 is 27.5 Å². The molecule has 1 aromatic heterocycles. The van der Waals surface area contributed by atoms with Crippen LogP contribution in [0.25, 0.3) is 11.3 Å². The summed E-state index contributed by atoms with van der Waals surface area (Å²) in [6, 6.07) is 5.65. The zero-order valence-corrected chi connectivity index (χ0v) is 13.4. The molecule has 0 amide bonds. The molecule has 2 N–H and O–H groups in total. The molecule has 0 bridgehead atoms. The Kier molecular flexibility index (Phi) is 4.53. The normalized spacial score (nSPS) is 10.9. The second-order valence-electron chi connectivity index (χ2n) is 4.38. The van der Waals surface area contributed by atoms with Gasteiger partial charge in [-0.15, -0.1) is 0 Å². The van der Waals surface area contributed by atoms with E-state index in [2.05, 4.69) is 34.3 Å². The molecular formula is C14H17BrClN3. The predicted octanol–water partition coefficient (Wildman–Crippen LogP) is 4.52. The molecule has 2 rings (SSSR count). The highest BCUT2D eigenvalue weighted by atomic mass is 79.9. The maximum atomic E-state index is 6.23. The number of anilines is 1. The Bertz CT molecular complexity index is 593. The third-order valence-corrected chi connectivity index (χ3v) is 3.99. The number of hydrogen-bond donors (Lipinski definition) is 1. The number of nitrogens with zero attached hydrogens (tertiary/aromatic N) is 2. The Morgan fingerprint density at radius 2 is 2.11 bits per heavy atom. The molecule has 1 aromatic carbocycles. The van der Waals surface area contributed by atoms with Gasteiger partial charge in [-0.05, 0) is 31.5 Å². The van der Waals surface area contributed by atoms with E-state index in [1.807, 2.05) is 18.2 Å². The van der Waals surface area contributed by atoms with Crippen LogP contribution in [0.2, 0.25) is 5.02 Å². The van der Waals surface area contributed by atoms with Crippen LogP contribution in [0.4, 0.5) is 5.82 Å². The Morgan fingerprint density at radius 3 is 2.74 bits per heavy atom. The van der Waals surface area contributed by atoms with Gasteiger partial charge in [-0.25, -0.2) is 4.98 Å². The molecule has 0 aliphatic carbocycles. The van der Waals surface area contributed by atoms with Gasteiger partial charge in [0.2, 0.25) is 0 Å². The van der Waals surface area contributed by atoms with E-state index >= 15 is 0 Å². The molecular weight excluding hydrogens is 326 g/mol. The molecule has 102 valence electrons. The van der Waals surface area contributed by atoms with Gasteiger partial charge in [-0.2, -0.15) is 0 Å². The minimum atomic E-state index is 0.681. The summed E-state index contributed by atoms with van der Waals surface area (Å²) < 4.78 is 3.01. The van der Waals surface area contributed by atoms with Crippen molar-refractivity contribution in [3.63, 3.8) is 0 Å². The first-order valence-corrected chi connectivity index (χ1v) is 7.55. The summed E-state index contributed by atoms with van der Waals surface area (Å²) in [5.41, 5.74) is 7.98. The number of benzene rings is 1. The number of halogens is 2. The van der Waals surface area contributed by atoms with Crippen LogP contribution in [-0.4, -0.2) is 9.55 Å². The van der Waals surface area contributed by atoms with Crippen molar-refractivity contribution in [1.29, 1.82) is 0 Å². The van der Waals surface area contributed by atoms with E-state index in [9.17, 15) is 0 Å². The van der Waals surface area contributed by atoms with E-state index in [0.29, 0.717) is 10.8 Å². The van der Waals surface area contributed by atoms with Gasteiger partial charge in [-0.3, -0.25) is 0 Å². The maximum Gasteiger partial charge on any atom is 0.131 e. The monoisotopic (exact) mass is 341 g/mol. The van der Waals surface area contributed by atoms with Crippen molar-refractivity contribution in [3.05, 3.63) is 33.5 Å². The van der Waals surface area contributed by atoms with E-state index in [1.54, 1.807) is 0 Å². The second-order valence-corrected chi connectivity index (χ2v) is 5.67. The van der Waals surface area contributed by atoms with Crippen molar-refractivity contribution >= 4 is 33.3 Å². The number of imidazole rings is 1. The fraction of sp³-hybridized carbons (Fsp3) is 0.357. The van der Waals surface area contributed by atoms with E-state index in [4.69, 9.17) is 22.3 Å². The predicted molar refractivity (Wildman–Crippen MR) is 84.5 cm³/mol. The van der Waals surface area contributed by atoms with Crippen molar-refractivity contribution < 1.29 is 0 Å². The molecule has 0 atom stereocenters. The molecule has 5 heteroatoms. The molecule has 2 aromatic rings. The summed E-state index contributed by atoms with van der Waals surface area (Å²) in [6.45, 7) is 5.04. The highest BCUT2D eigenvalue weighted by molar-refractivity contribution is 9.10. The summed E-state index contributed by atoms with van der Waals surface area (Å²) in [4.78, 5) is 4.69. The summed E-state index contributed by atoms with van der Waals surface area (Å²) in [5, 5.41) is 0.681. The Morgan fingerprint density at radius 1 is 1.37 bits per heavy atom. The first-order chi connectivity index (χ1) is 9.08. The quantitative estimate of drug-likeness (QED) is 0.887. The Balaban J connectivity index is 2.59. The minimum absolute atomic E-state index is 0.681. The molecule has 1 heterocycles. The van der Waals surface area contributed by atoms with Crippen LogP contribution < -0.4 is 5.73 Å². The van der Waals surface area contributed by atoms with Gasteiger partial charge in [0.1, 0.15) is 17.3 Å². The van der Waals surface area contributed by atoms with Gasteiger partial charge in [0, 0.05) is 28.0 Å². The van der Waals surface area contributed by atoms with Gasteiger partial charge in [0.15, 0.2) is 0 Å². The minimum Gasteiger partial charge on any atom is -0.383 e. The van der Waals surface area contributed by atoms with Gasteiger partial charge in [-0.1, -0.05) is 34.5 Å². The zero-order valence-electron chi connectivity index (χ0n) is 11.1.